The Morgan fingerprint density at radius 1 is 0.660 bits per heavy atom. The summed E-state index contributed by atoms with van der Waals surface area (Å²) in [5, 5.41) is 11.7. The highest BCUT2D eigenvalue weighted by Crippen LogP contribution is 2.23. The molecule has 50 heavy (non-hydrogen) atoms. The van der Waals surface area contributed by atoms with E-state index in [2.05, 4.69) is 21.3 Å². The smallest absolute Gasteiger partial charge is 0.251 e. The van der Waals surface area contributed by atoms with Gasteiger partial charge in [-0.2, -0.15) is 0 Å². The van der Waals surface area contributed by atoms with Gasteiger partial charge in [-0.15, -0.1) is 0 Å². The molecule has 0 radical (unpaired) electrons. The van der Waals surface area contributed by atoms with Crippen LogP contribution in [0.1, 0.15) is 44.3 Å². The Kier molecular flexibility index (Phi) is 15.6. The van der Waals surface area contributed by atoms with E-state index in [1.54, 1.807) is 62.8 Å². The molecule has 2 atom stereocenters. The Bertz CT molecular complexity index is 1660. The molecule has 0 heterocycles. The average Bonchev–Trinajstić information content (AvgIpc) is 3.16. The van der Waals surface area contributed by atoms with Crippen LogP contribution in [-0.4, -0.2) is 68.5 Å². The molecular weight excluding hydrogens is 673 g/mol. The molecule has 4 aromatic carbocycles. The van der Waals surface area contributed by atoms with E-state index in [-0.39, 0.29) is 36.6 Å². The van der Waals surface area contributed by atoms with Crippen molar-refractivity contribution in [3.63, 3.8) is 0 Å². The molecule has 0 aromatic heterocycles. The van der Waals surface area contributed by atoms with Crippen molar-refractivity contribution >= 4 is 45.2 Å². The second kappa shape index (κ2) is 20.5. The standard InChI is InChI=1S/C38H42N4O6S2/c1-47-31-17-13-29(14-18-31)36(44)41-33(28-11-7-4-8-12-28)25-40-35(43)22-24-49-50-26-34(38(46)39-23-21-27-9-5-3-6-10-27)42-37(45)30-15-19-32(48-2)20-16-30/h3-20,33-34H,21-26H2,1-2H3,(H,39,46)(H,40,43)(H,41,44)(H,42,45). The topological polar surface area (TPSA) is 135 Å². The highest BCUT2D eigenvalue weighted by molar-refractivity contribution is 8.76. The summed E-state index contributed by atoms with van der Waals surface area (Å²) in [5.74, 6) is 0.992. The highest BCUT2D eigenvalue weighted by atomic mass is 33.1. The lowest BCUT2D eigenvalue weighted by Crippen LogP contribution is -2.48. The first-order valence-corrected chi connectivity index (χ1v) is 18.6. The van der Waals surface area contributed by atoms with E-state index in [1.165, 1.54) is 21.6 Å². The maximum atomic E-state index is 13.2. The van der Waals surface area contributed by atoms with Crippen LogP contribution in [0.2, 0.25) is 0 Å². The van der Waals surface area contributed by atoms with E-state index in [4.69, 9.17) is 9.47 Å². The Morgan fingerprint density at radius 2 is 1.22 bits per heavy atom. The zero-order chi connectivity index (χ0) is 35.6. The Hall–Kier alpha value is -4.94. The molecule has 0 saturated carbocycles. The zero-order valence-electron chi connectivity index (χ0n) is 28.1. The van der Waals surface area contributed by atoms with Crippen molar-refractivity contribution in [2.45, 2.75) is 24.9 Å². The molecule has 4 aromatic rings. The van der Waals surface area contributed by atoms with Crippen LogP contribution in [0, 0.1) is 0 Å². The number of hydrogen-bond acceptors (Lipinski definition) is 8. The van der Waals surface area contributed by atoms with E-state index in [0.29, 0.717) is 47.1 Å². The quantitative estimate of drug-likeness (QED) is 0.0768. The monoisotopic (exact) mass is 714 g/mol. The van der Waals surface area contributed by atoms with Gasteiger partial charge in [-0.05, 0) is 66.1 Å². The fourth-order valence-electron chi connectivity index (χ4n) is 4.80. The number of amides is 4. The normalized spacial score (nSPS) is 11.8. The van der Waals surface area contributed by atoms with Gasteiger partial charge in [-0.25, -0.2) is 0 Å². The lowest BCUT2D eigenvalue weighted by Gasteiger charge is -2.20. The number of ether oxygens (including phenoxy) is 2. The number of methoxy groups -OCH3 is 2. The van der Waals surface area contributed by atoms with Gasteiger partial charge in [0.25, 0.3) is 11.8 Å². The van der Waals surface area contributed by atoms with Crippen LogP contribution in [0.5, 0.6) is 11.5 Å². The van der Waals surface area contributed by atoms with Gasteiger partial charge in [-0.1, -0.05) is 82.3 Å². The van der Waals surface area contributed by atoms with E-state index in [1.807, 2.05) is 60.7 Å². The molecule has 0 saturated heterocycles. The Balaban J connectivity index is 1.26. The zero-order valence-corrected chi connectivity index (χ0v) is 29.7. The van der Waals surface area contributed by atoms with Crippen LogP contribution in [0.15, 0.2) is 109 Å². The molecule has 4 amide bonds. The van der Waals surface area contributed by atoms with E-state index in [0.717, 1.165) is 11.1 Å². The van der Waals surface area contributed by atoms with Gasteiger partial charge < -0.3 is 30.7 Å². The minimum Gasteiger partial charge on any atom is -0.497 e. The lowest BCUT2D eigenvalue weighted by atomic mass is 10.1. The first-order chi connectivity index (χ1) is 24.4. The second-order valence-electron chi connectivity index (χ2n) is 11.1. The van der Waals surface area contributed by atoms with Gasteiger partial charge in [0.05, 0.1) is 20.3 Å². The summed E-state index contributed by atoms with van der Waals surface area (Å²) in [4.78, 5) is 52.0. The second-order valence-corrected chi connectivity index (χ2v) is 13.7. The molecule has 0 aliphatic rings. The molecular formula is C38H42N4O6S2. The van der Waals surface area contributed by atoms with Crippen LogP contribution in [0.4, 0.5) is 0 Å². The van der Waals surface area contributed by atoms with Crippen LogP contribution >= 0.6 is 21.6 Å². The van der Waals surface area contributed by atoms with Crippen molar-refractivity contribution in [3.05, 3.63) is 131 Å². The number of hydrogen-bond donors (Lipinski definition) is 4. The van der Waals surface area contributed by atoms with Crippen molar-refractivity contribution in [2.24, 2.45) is 0 Å². The maximum Gasteiger partial charge on any atom is 0.251 e. The highest BCUT2D eigenvalue weighted by Gasteiger charge is 2.22. The van der Waals surface area contributed by atoms with Crippen LogP contribution in [-0.2, 0) is 16.0 Å². The van der Waals surface area contributed by atoms with E-state index in [9.17, 15) is 19.2 Å². The third kappa shape index (κ3) is 12.5. The molecule has 2 unspecified atom stereocenters. The summed E-state index contributed by atoms with van der Waals surface area (Å²) in [6.07, 6.45) is 0.900. The third-order valence-corrected chi connectivity index (χ3v) is 10.0. The minimum absolute atomic E-state index is 0.166. The minimum atomic E-state index is -0.785. The fraction of sp³-hybridized carbons (Fsp3) is 0.263. The SMILES string of the molecule is COc1ccc(C(=O)NC(CSSCCC(=O)NCC(NC(=O)c2ccc(OC)cc2)c2ccccc2)C(=O)NCCc2ccccc2)cc1. The molecule has 4 N–H and O–H groups in total. The average molecular weight is 715 g/mol. The predicted octanol–water partition coefficient (Wildman–Crippen LogP) is 5.22. The molecule has 0 aliphatic carbocycles. The molecule has 10 nitrogen and oxygen atoms in total. The maximum absolute atomic E-state index is 13.2. The number of carbonyl (C=O) groups excluding carboxylic acids is 4. The molecule has 4 rings (SSSR count). The molecule has 0 aliphatic heterocycles. The van der Waals surface area contributed by atoms with Crippen LogP contribution in [0.25, 0.3) is 0 Å². The Labute approximate surface area is 300 Å². The largest absolute Gasteiger partial charge is 0.497 e. The van der Waals surface area contributed by atoms with Crippen LogP contribution < -0.4 is 30.7 Å². The van der Waals surface area contributed by atoms with Gasteiger partial charge in [0.2, 0.25) is 11.8 Å². The number of nitrogens with one attached hydrogen (secondary N) is 4. The summed E-state index contributed by atoms with van der Waals surface area (Å²) in [6.45, 7) is 0.644. The summed E-state index contributed by atoms with van der Waals surface area (Å²) in [5.41, 5.74) is 2.86. The molecule has 0 bridgehead atoms. The predicted molar refractivity (Wildman–Crippen MR) is 200 cm³/mol. The fourth-order valence-corrected chi connectivity index (χ4v) is 6.95. The number of benzene rings is 4. The van der Waals surface area contributed by atoms with Crippen molar-refractivity contribution in [1.82, 2.24) is 21.3 Å². The summed E-state index contributed by atoms with van der Waals surface area (Å²) < 4.78 is 10.4. The van der Waals surface area contributed by atoms with Crippen LogP contribution in [0.3, 0.4) is 0 Å². The first kappa shape index (κ1) is 37.9. The molecule has 0 spiro atoms. The molecule has 262 valence electrons. The van der Waals surface area contributed by atoms with Crippen molar-refractivity contribution in [2.75, 3.05) is 38.8 Å². The third-order valence-electron chi connectivity index (χ3n) is 7.62. The summed E-state index contributed by atoms with van der Waals surface area (Å²) in [6, 6.07) is 31.6. The van der Waals surface area contributed by atoms with Crippen molar-refractivity contribution in [1.29, 1.82) is 0 Å². The van der Waals surface area contributed by atoms with Crippen molar-refractivity contribution in [3.8, 4) is 11.5 Å². The van der Waals surface area contributed by atoms with Gasteiger partial charge in [0.1, 0.15) is 17.5 Å². The van der Waals surface area contributed by atoms with E-state index >= 15 is 0 Å². The number of rotatable bonds is 19. The molecule has 12 heteroatoms. The van der Waals surface area contributed by atoms with Gasteiger partial charge >= 0.3 is 0 Å². The Morgan fingerprint density at radius 3 is 1.80 bits per heavy atom. The van der Waals surface area contributed by atoms with Gasteiger partial charge in [0.15, 0.2) is 0 Å². The number of carbonyl (C=O) groups is 4. The summed E-state index contributed by atoms with van der Waals surface area (Å²) in [7, 11) is 5.97. The summed E-state index contributed by atoms with van der Waals surface area (Å²) >= 11 is 0. The molecule has 0 fully saturated rings. The van der Waals surface area contributed by atoms with E-state index < -0.39 is 12.1 Å². The van der Waals surface area contributed by atoms with Gasteiger partial charge in [0, 0.05) is 42.1 Å². The first-order valence-electron chi connectivity index (χ1n) is 16.1. The van der Waals surface area contributed by atoms with Crippen molar-refractivity contribution < 1.29 is 28.7 Å². The lowest BCUT2D eigenvalue weighted by molar-refractivity contribution is -0.122. The van der Waals surface area contributed by atoms with Gasteiger partial charge in [-0.3, -0.25) is 19.2 Å².